The highest BCUT2D eigenvalue weighted by Crippen LogP contribution is 2.27. The van der Waals surface area contributed by atoms with Crippen LogP contribution >= 0.6 is 23.1 Å². The Kier molecular flexibility index (Phi) is 7.21. The van der Waals surface area contributed by atoms with Crippen molar-refractivity contribution in [3.05, 3.63) is 46.7 Å². The number of aromatic nitrogens is 2. The Balaban J connectivity index is 1.36. The molecule has 3 aromatic rings. The van der Waals surface area contributed by atoms with Crippen molar-refractivity contribution in [1.29, 1.82) is 0 Å². The summed E-state index contributed by atoms with van der Waals surface area (Å²) < 4.78 is 33.1. The molecule has 0 radical (unpaired) electrons. The Bertz CT molecular complexity index is 1120. The second-order valence-corrected chi connectivity index (χ2v) is 11.1. The lowest BCUT2D eigenvalue weighted by Gasteiger charge is -2.25. The van der Waals surface area contributed by atoms with Gasteiger partial charge in [0.1, 0.15) is 0 Å². The maximum atomic E-state index is 12.9. The molecule has 0 bridgehead atoms. The van der Waals surface area contributed by atoms with Gasteiger partial charge in [-0.15, -0.1) is 21.5 Å². The van der Waals surface area contributed by atoms with Crippen LogP contribution in [-0.4, -0.2) is 47.5 Å². The molecule has 10 heteroatoms. The fourth-order valence-corrected chi connectivity index (χ4v) is 6.34. The van der Waals surface area contributed by atoms with Gasteiger partial charge in [0.05, 0.1) is 9.77 Å². The van der Waals surface area contributed by atoms with Crippen LogP contribution in [0.4, 0.5) is 0 Å². The van der Waals surface area contributed by atoms with Crippen molar-refractivity contribution in [2.75, 3.05) is 18.8 Å². The monoisotopic (exact) mass is 477 g/mol. The molecule has 0 N–H and O–H groups in total. The fraction of sp³-hybridized carbons (Fsp3) is 0.381. The summed E-state index contributed by atoms with van der Waals surface area (Å²) in [6, 6.07) is 10.4. The van der Waals surface area contributed by atoms with E-state index in [4.69, 9.17) is 4.42 Å². The Labute approximate surface area is 189 Å². The molecule has 0 amide bonds. The average Bonchev–Trinajstić information content (AvgIpc) is 3.50. The van der Waals surface area contributed by atoms with Crippen molar-refractivity contribution >= 4 is 38.9 Å². The molecular formula is C21H23N3O4S3. The molecule has 164 valence electrons. The van der Waals surface area contributed by atoms with Gasteiger partial charge in [-0.25, -0.2) is 8.42 Å². The molecule has 0 atom stereocenters. The molecule has 1 aliphatic heterocycles. The highest BCUT2D eigenvalue weighted by atomic mass is 32.2. The normalized spacial score (nSPS) is 15.2. The third-order valence-electron chi connectivity index (χ3n) is 5.01. The van der Waals surface area contributed by atoms with Gasteiger partial charge < -0.3 is 4.42 Å². The first-order valence-corrected chi connectivity index (χ1v) is 13.5. The summed E-state index contributed by atoms with van der Waals surface area (Å²) in [6.45, 7) is 1.12. The fourth-order valence-electron chi connectivity index (χ4n) is 3.38. The van der Waals surface area contributed by atoms with E-state index in [1.54, 1.807) is 28.6 Å². The lowest BCUT2D eigenvalue weighted by molar-refractivity contribution is 0.0986. The smallest absolute Gasteiger partial charge is 0.276 e. The van der Waals surface area contributed by atoms with Crippen LogP contribution in [0.1, 0.15) is 41.8 Å². The number of piperidine rings is 1. The standard InChI is InChI=1S/C21H23N3O4S3/c25-18(19-10-6-13-29-19)9-5-14-30-21-23-22-20(28-21)16-7-4-8-17(15-16)31(26,27)24-11-2-1-3-12-24/h4,6-8,10,13,15H,1-3,5,9,11-12,14H2. The minimum Gasteiger partial charge on any atom is -0.411 e. The molecule has 7 nitrogen and oxygen atoms in total. The van der Waals surface area contributed by atoms with E-state index in [1.165, 1.54) is 23.1 Å². The topological polar surface area (TPSA) is 93.4 Å². The van der Waals surface area contributed by atoms with Gasteiger partial charge in [0.25, 0.3) is 5.22 Å². The van der Waals surface area contributed by atoms with Crippen molar-refractivity contribution in [2.45, 2.75) is 42.2 Å². The van der Waals surface area contributed by atoms with E-state index in [1.807, 2.05) is 17.5 Å². The predicted molar refractivity (Wildman–Crippen MR) is 121 cm³/mol. The number of thiophene rings is 1. The molecule has 0 saturated carbocycles. The lowest BCUT2D eigenvalue weighted by Crippen LogP contribution is -2.35. The Morgan fingerprint density at radius 2 is 1.97 bits per heavy atom. The summed E-state index contributed by atoms with van der Waals surface area (Å²) in [4.78, 5) is 13.1. The first-order chi connectivity index (χ1) is 15.0. The van der Waals surface area contributed by atoms with E-state index < -0.39 is 10.0 Å². The van der Waals surface area contributed by atoms with Crippen molar-refractivity contribution in [3.63, 3.8) is 0 Å². The number of ketones is 1. The Hall–Kier alpha value is -2.01. The van der Waals surface area contributed by atoms with Gasteiger partial charge in [-0.3, -0.25) is 4.79 Å². The highest BCUT2D eigenvalue weighted by molar-refractivity contribution is 7.99. The molecule has 1 aliphatic rings. The highest BCUT2D eigenvalue weighted by Gasteiger charge is 2.26. The van der Waals surface area contributed by atoms with E-state index in [0.717, 1.165) is 24.1 Å². The molecule has 31 heavy (non-hydrogen) atoms. The second kappa shape index (κ2) is 10.1. The molecule has 0 aliphatic carbocycles. The van der Waals surface area contributed by atoms with Gasteiger partial charge in [-0.05, 0) is 48.9 Å². The molecule has 1 fully saturated rings. The Morgan fingerprint density at radius 1 is 1.13 bits per heavy atom. The van der Waals surface area contributed by atoms with Crippen LogP contribution in [0.3, 0.4) is 0 Å². The molecule has 1 aromatic carbocycles. The van der Waals surface area contributed by atoms with Crippen LogP contribution in [0.25, 0.3) is 11.5 Å². The quantitative estimate of drug-likeness (QED) is 0.250. The molecule has 1 saturated heterocycles. The van der Waals surface area contributed by atoms with Crippen LogP contribution in [0.15, 0.2) is 56.3 Å². The molecule has 4 rings (SSSR count). The molecule has 0 unspecified atom stereocenters. The van der Waals surface area contributed by atoms with E-state index in [2.05, 4.69) is 10.2 Å². The van der Waals surface area contributed by atoms with Crippen LogP contribution < -0.4 is 0 Å². The Morgan fingerprint density at radius 3 is 2.74 bits per heavy atom. The number of carbonyl (C=O) groups is 1. The first-order valence-electron chi connectivity index (χ1n) is 10.2. The number of sulfonamides is 1. The first kappa shape index (κ1) is 22.2. The van der Waals surface area contributed by atoms with Gasteiger partial charge in [0.15, 0.2) is 5.78 Å². The van der Waals surface area contributed by atoms with Crippen LogP contribution in [0.2, 0.25) is 0 Å². The number of hydrogen-bond donors (Lipinski definition) is 0. The summed E-state index contributed by atoms with van der Waals surface area (Å²) in [5, 5.41) is 10.4. The summed E-state index contributed by atoms with van der Waals surface area (Å²) in [5.41, 5.74) is 0.574. The minimum atomic E-state index is -3.52. The van der Waals surface area contributed by atoms with Gasteiger partial charge >= 0.3 is 0 Å². The largest absolute Gasteiger partial charge is 0.411 e. The summed E-state index contributed by atoms with van der Waals surface area (Å²) >= 11 is 2.85. The van der Waals surface area contributed by atoms with Gasteiger partial charge in [-0.1, -0.05) is 30.3 Å². The molecule has 0 spiro atoms. The van der Waals surface area contributed by atoms with Crippen molar-refractivity contribution < 1.29 is 17.6 Å². The van der Waals surface area contributed by atoms with Gasteiger partial charge in [0.2, 0.25) is 15.9 Å². The maximum absolute atomic E-state index is 12.9. The maximum Gasteiger partial charge on any atom is 0.276 e. The van der Waals surface area contributed by atoms with Crippen molar-refractivity contribution in [1.82, 2.24) is 14.5 Å². The summed E-state index contributed by atoms with van der Waals surface area (Å²) in [7, 11) is -3.52. The summed E-state index contributed by atoms with van der Waals surface area (Å²) in [6.07, 6.45) is 4.04. The number of carbonyl (C=O) groups excluding carboxylic acids is 1. The number of benzene rings is 1. The van der Waals surface area contributed by atoms with Crippen LogP contribution in [0, 0.1) is 0 Å². The van der Waals surface area contributed by atoms with Crippen molar-refractivity contribution in [3.8, 4) is 11.5 Å². The number of rotatable bonds is 9. The third kappa shape index (κ3) is 5.43. The zero-order valence-electron chi connectivity index (χ0n) is 16.9. The number of hydrogen-bond acceptors (Lipinski definition) is 8. The van der Waals surface area contributed by atoms with Gasteiger partial charge in [-0.2, -0.15) is 4.31 Å². The van der Waals surface area contributed by atoms with E-state index in [0.29, 0.717) is 42.5 Å². The molecular weight excluding hydrogens is 454 g/mol. The van der Waals surface area contributed by atoms with Gasteiger partial charge in [0, 0.05) is 30.8 Å². The average molecular weight is 478 g/mol. The molecule has 3 heterocycles. The third-order valence-corrected chi connectivity index (χ3v) is 8.72. The molecule has 2 aromatic heterocycles. The van der Waals surface area contributed by atoms with E-state index in [9.17, 15) is 13.2 Å². The summed E-state index contributed by atoms with van der Waals surface area (Å²) in [5.74, 6) is 1.11. The predicted octanol–water partition coefficient (Wildman–Crippen LogP) is 4.73. The van der Waals surface area contributed by atoms with Crippen LogP contribution in [0.5, 0.6) is 0 Å². The zero-order chi connectivity index (χ0) is 21.7. The number of nitrogens with zero attached hydrogens (tertiary/aromatic N) is 3. The van der Waals surface area contributed by atoms with Crippen LogP contribution in [-0.2, 0) is 10.0 Å². The number of Topliss-reactive ketones (excluding diaryl/α,β-unsaturated/α-hetero) is 1. The minimum absolute atomic E-state index is 0.147. The van der Waals surface area contributed by atoms with E-state index >= 15 is 0 Å². The van der Waals surface area contributed by atoms with E-state index in [-0.39, 0.29) is 16.6 Å². The van der Waals surface area contributed by atoms with Crippen molar-refractivity contribution in [2.24, 2.45) is 0 Å². The number of thioether (sulfide) groups is 1. The zero-order valence-corrected chi connectivity index (χ0v) is 19.3. The SMILES string of the molecule is O=C(CCCSc1nnc(-c2cccc(S(=O)(=O)N3CCCCC3)c2)o1)c1cccs1. The lowest BCUT2D eigenvalue weighted by atomic mass is 10.2. The second-order valence-electron chi connectivity index (χ2n) is 7.22.